The van der Waals surface area contributed by atoms with Crippen LogP contribution in [0.3, 0.4) is 0 Å². The summed E-state index contributed by atoms with van der Waals surface area (Å²) in [5, 5.41) is 5.20. The first-order chi connectivity index (χ1) is 12.8. The van der Waals surface area contributed by atoms with E-state index in [1.807, 2.05) is 0 Å². The van der Waals surface area contributed by atoms with Crippen LogP contribution >= 0.6 is 0 Å². The molecule has 1 unspecified atom stereocenters. The van der Waals surface area contributed by atoms with Crippen molar-refractivity contribution in [2.24, 2.45) is 5.73 Å². The van der Waals surface area contributed by atoms with Crippen LogP contribution in [0.15, 0.2) is 54.6 Å². The van der Waals surface area contributed by atoms with Crippen LogP contribution in [0.4, 0.5) is 19.3 Å². The van der Waals surface area contributed by atoms with Crippen LogP contribution in [-0.2, 0) is 4.79 Å². The smallest absolute Gasteiger partial charge is 0.387 e. The lowest BCUT2D eigenvalue weighted by molar-refractivity contribution is -0.117. The van der Waals surface area contributed by atoms with Crippen molar-refractivity contribution < 1.29 is 23.1 Å². The van der Waals surface area contributed by atoms with Gasteiger partial charge in [0.15, 0.2) is 0 Å². The first-order valence-corrected chi connectivity index (χ1v) is 8.04. The molecule has 2 aromatic carbocycles. The molecule has 0 saturated heterocycles. The molecule has 0 aliphatic carbocycles. The average Bonchev–Trinajstić information content (AvgIpc) is 2.60. The van der Waals surface area contributed by atoms with Crippen molar-refractivity contribution in [2.75, 3.05) is 5.32 Å². The molecule has 2 rings (SSSR count). The Labute approximate surface area is 155 Å². The van der Waals surface area contributed by atoms with E-state index in [1.165, 1.54) is 18.2 Å². The number of carbonyl (C=O) groups excluding carboxylic acids is 2. The number of anilines is 1. The molecule has 0 aliphatic heterocycles. The Hall–Kier alpha value is -3.42. The fourth-order valence-electron chi connectivity index (χ4n) is 2.33. The number of primary amides is 1. The monoisotopic (exact) mass is 375 g/mol. The number of para-hydroxylation sites is 1. The number of benzene rings is 2. The second kappa shape index (κ2) is 9.33. The molecule has 1 atom stereocenters. The normalized spacial score (nSPS) is 12.0. The quantitative estimate of drug-likeness (QED) is 0.645. The van der Waals surface area contributed by atoms with E-state index in [1.54, 1.807) is 49.4 Å². The van der Waals surface area contributed by atoms with E-state index < -0.39 is 18.5 Å². The molecular weight excluding hydrogens is 356 g/mol. The first-order valence-electron chi connectivity index (χ1n) is 8.04. The van der Waals surface area contributed by atoms with Crippen molar-refractivity contribution in [1.29, 1.82) is 0 Å². The molecule has 2 aromatic rings. The summed E-state index contributed by atoms with van der Waals surface area (Å²) in [5.74, 6) is -0.407. The van der Waals surface area contributed by atoms with Gasteiger partial charge in [0.1, 0.15) is 5.75 Å². The maximum atomic E-state index is 12.4. The number of amides is 3. The van der Waals surface area contributed by atoms with Crippen LogP contribution in [0.1, 0.15) is 24.1 Å². The summed E-state index contributed by atoms with van der Waals surface area (Å²) in [6.45, 7) is -1.16. The number of halogens is 2. The zero-order chi connectivity index (χ0) is 19.8. The van der Waals surface area contributed by atoms with E-state index >= 15 is 0 Å². The number of hydrogen-bond acceptors (Lipinski definition) is 3. The van der Waals surface area contributed by atoms with Crippen LogP contribution in [0.25, 0.3) is 6.08 Å². The number of carbonyl (C=O) groups is 2. The summed E-state index contributed by atoms with van der Waals surface area (Å²) in [6, 6.07) is 12.0. The molecule has 0 aliphatic rings. The van der Waals surface area contributed by atoms with Crippen molar-refractivity contribution in [3.05, 3.63) is 65.7 Å². The predicted octanol–water partition coefficient (Wildman–Crippen LogP) is 3.67. The summed E-state index contributed by atoms with van der Waals surface area (Å²) < 4.78 is 29.2. The maximum Gasteiger partial charge on any atom is 0.387 e. The molecule has 0 bridgehead atoms. The van der Waals surface area contributed by atoms with Crippen LogP contribution in [0, 0.1) is 0 Å². The molecule has 4 N–H and O–H groups in total. The SMILES string of the molecule is CC(NC(=O)/C=C/c1ccccc1OC(F)F)c1ccc(NC(N)=O)cc1. The van der Waals surface area contributed by atoms with E-state index in [-0.39, 0.29) is 11.8 Å². The Morgan fingerprint density at radius 2 is 1.78 bits per heavy atom. The molecule has 0 spiro atoms. The molecule has 0 fully saturated rings. The second-order valence-corrected chi connectivity index (χ2v) is 5.59. The van der Waals surface area contributed by atoms with Crippen molar-refractivity contribution in [1.82, 2.24) is 5.32 Å². The Kier molecular flexibility index (Phi) is 6.87. The third kappa shape index (κ3) is 6.43. The van der Waals surface area contributed by atoms with Crippen LogP contribution in [-0.4, -0.2) is 18.5 Å². The van der Waals surface area contributed by atoms with E-state index in [4.69, 9.17) is 5.73 Å². The van der Waals surface area contributed by atoms with Crippen molar-refractivity contribution >= 4 is 23.7 Å². The van der Waals surface area contributed by atoms with Gasteiger partial charge in [-0.1, -0.05) is 30.3 Å². The van der Waals surface area contributed by atoms with E-state index in [9.17, 15) is 18.4 Å². The Balaban J connectivity index is 1.99. The molecule has 3 amide bonds. The number of nitrogens with one attached hydrogen (secondary N) is 2. The van der Waals surface area contributed by atoms with Gasteiger partial charge in [0.2, 0.25) is 5.91 Å². The summed E-state index contributed by atoms with van der Waals surface area (Å²) in [6.07, 6.45) is 2.65. The number of urea groups is 1. The Bertz CT molecular complexity index is 823. The van der Waals surface area contributed by atoms with Crippen molar-refractivity contribution in [2.45, 2.75) is 19.6 Å². The number of rotatable bonds is 7. The van der Waals surface area contributed by atoms with Gasteiger partial charge in [0.25, 0.3) is 0 Å². The van der Waals surface area contributed by atoms with Crippen molar-refractivity contribution in [3.8, 4) is 5.75 Å². The van der Waals surface area contributed by atoms with Gasteiger partial charge in [-0.05, 0) is 36.8 Å². The van der Waals surface area contributed by atoms with Gasteiger partial charge in [0.05, 0.1) is 6.04 Å². The lowest BCUT2D eigenvalue weighted by Crippen LogP contribution is -2.24. The van der Waals surface area contributed by atoms with Gasteiger partial charge in [-0.2, -0.15) is 8.78 Å². The molecule has 0 radical (unpaired) electrons. The number of alkyl halides is 2. The average molecular weight is 375 g/mol. The van der Waals surface area contributed by atoms with Gasteiger partial charge < -0.3 is 21.1 Å². The minimum Gasteiger partial charge on any atom is -0.434 e. The highest BCUT2D eigenvalue weighted by atomic mass is 19.3. The second-order valence-electron chi connectivity index (χ2n) is 5.59. The van der Waals surface area contributed by atoms with Crippen molar-refractivity contribution in [3.63, 3.8) is 0 Å². The minimum absolute atomic E-state index is 0.0119. The summed E-state index contributed by atoms with van der Waals surface area (Å²) in [4.78, 5) is 22.9. The third-order valence-corrected chi connectivity index (χ3v) is 3.59. The van der Waals surface area contributed by atoms with Gasteiger partial charge in [-0.3, -0.25) is 4.79 Å². The molecule has 0 heterocycles. The first kappa shape index (κ1) is 19.9. The zero-order valence-corrected chi connectivity index (χ0v) is 14.5. The van der Waals surface area contributed by atoms with Gasteiger partial charge in [0, 0.05) is 17.3 Å². The third-order valence-electron chi connectivity index (χ3n) is 3.59. The lowest BCUT2D eigenvalue weighted by Gasteiger charge is -2.13. The maximum absolute atomic E-state index is 12.4. The van der Waals surface area contributed by atoms with Gasteiger partial charge in [-0.15, -0.1) is 0 Å². The predicted molar refractivity (Wildman–Crippen MR) is 98.3 cm³/mol. The fraction of sp³-hybridized carbons (Fsp3) is 0.158. The lowest BCUT2D eigenvalue weighted by atomic mass is 10.1. The highest BCUT2D eigenvalue weighted by molar-refractivity contribution is 5.92. The van der Waals surface area contributed by atoms with E-state index in [0.29, 0.717) is 11.3 Å². The number of nitrogens with two attached hydrogens (primary N) is 1. The van der Waals surface area contributed by atoms with Crippen LogP contribution in [0.5, 0.6) is 5.75 Å². The minimum atomic E-state index is -2.94. The fourth-order valence-corrected chi connectivity index (χ4v) is 2.33. The highest BCUT2D eigenvalue weighted by Gasteiger charge is 2.10. The molecular formula is C19H19F2N3O3. The topological polar surface area (TPSA) is 93.4 Å². The molecule has 0 saturated carbocycles. The highest BCUT2D eigenvalue weighted by Crippen LogP contribution is 2.21. The number of hydrogen-bond donors (Lipinski definition) is 3. The van der Waals surface area contributed by atoms with Gasteiger partial charge in [-0.25, -0.2) is 4.79 Å². The Morgan fingerprint density at radius 1 is 1.11 bits per heavy atom. The number of ether oxygens (including phenoxy) is 1. The van der Waals surface area contributed by atoms with Crippen LogP contribution in [0.2, 0.25) is 0 Å². The molecule has 6 nitrogen and oxygen atoms in total. The molecule has 0 aromatic heterocycles. The molecule has 27 heavy (non-hydrogen) atoms. The largest absolute Gasteiger partial charge is 0.434 e. The molecule has 8 heteroatoms. The Morgan fingerprint density at radius 3 is 2.41 bits per heavy atom. The molecule has 142 valence electrons. The zero-order valence-electron chi connectivity index (χ0n) is 14.5. The summed E-state index contributed by atoms with van der Waals surface area (Å²) >= 11 is 0. The van der Waals surface area contributed by atoms with Crippen LogP contribution < -0.4 is 21.1 Å². The summed E-state index contributed by atoms with van der Waals surface area (Å²) in [7, 11) is 0. The standard InChI is InChI=1S/C19H19F2N3O3/c1-12(13-6-9-15(10-7-13)24-19(22)26)23-17(25)11-8-14-4-2-3-5-16(14)27-18(20)21/h2-12,18H,1H3,(H,23,25)(H3,22,24,26)/b11-8+. The summed E-state index contributed by atoms with van der Waals surface area (Å²) in [5.41, 5.74) is 6.76. The van der Waals surface area contributed by atoms with E-state index in [2.05, 4.69) is 15.4 Å². The van der Waals surface area contributed by atoms with Gasteiger partial charge >= 0.3 is 12.6 Å². The van der Waals surface area contributed by atoms with E-state index in [0.717, 1.165) is 5.56 Å².